The Morgan fingerprint density at radius 2 is 1.74 bits per heavy atom. The molecule has 0 unspecified atom stereocenters. The van der Waals surface area contributed by atoms with Crippen molar-refractivity contribution in [2.75, 3.05) is 19.7 Å². The molecule has 0 heterocycles. The highest BCUT2D eigenvalue weighted by atomic mass is 32.2. The van der Waals surface area contributed by atoms with Crippen molar-refractivity contribution in [3.63, 3.8) is 0 Å². The Morgan fingerprint density at radius 3 is 2.32 bits per heavy atom. The van der Waals surface area contributed by atoms with Gasteiger partial charge in [-0.15, -0.1) is 0 Å². The van der Waals surface area contributed by atoms with Crippen molar-refractivity contribution in [3.8, 4) is 0 Å². The van der Waals surface area contributed by atoms with Crippen LogP contribution in [0.5, 0.6) is 0 Å². The van der Waals surface area contributed by atoms with Gasteiger partial charge in [0.2, 0.25) is 10.0 Å². The normalized spacial score (nSPS) is 15.7. The first-order valence-corrected chi connectivity index (χ1v) is 13.4. The molecular weight excluding hydrogens is 458 g/mol. The third-order valence-corrected chi connectivity index (χ3v) is 8.01. The predicted octanol–water partition coefficient (Wildman–Crippen LogP) is 2.46. The lowest BCUT2D eigenvalue weighted by molar-refractivity contribution is -0.151. The molecule has 2 amide bonds. The van der Waals surface area contributed by atoms with Crippen LogP contribution < -0.4 is 10.6 Å². The molecule has 0 spiro atoms. The Hall–Kier alpha value is -2.46. The zero-order valence-electron chi connectivity index (χ0n) is 20.5. The summed E-state index contributed by atoms with van der Waals surface area (Å²) in [5.41, 5.74) is 0.113. The molecule has 1 fully saturated rings. The van der Waals surface area contributed by atoms with Gasteiger partial charge >= 0.3 is 5.97 Å². The Bertz CT molecular complexity index is 953. The van der Waals surface area contributed by atoms with Gasteiger partial charge in [-0.25, -0.2) is 13.2 Å². The highest BCUT2D eigenvalue weighted by molar-refractivity contribution is 7.89. The molecule has 1 aromatic rings. The molecular formula is C24H37N3O6S. The van der Waals surface area contributed by atoms with Crippen LogP contribution in [0.3, 0.4) is 0 Å². The van der Waals surface area contributed by atoms with Crippen molar-refractivity contribution in [2.45, 2.75) is 76.8 Å². The van der Waals surface area contributed by atoms with Crippen LogP contribution >= 0.6 is 0 Å². The molecule has 1 saturated carbocycles. The van der Waals surface area contributed by atoms with Crippen LogP contribution in [0, 0.1) is 5.92 Å². The smallest absolute Gasteiger partial charge is 0.329 e. The molecule has 190 valence electrons. The zero-order valence-corrected chi connectivity index (χ0v) is 21.3. The lowest BCUT2D eigenvalue weighted by atomic mass is 9.95. The van der Waals surface area contributed by atoms with E-state index in [0.29, 0.717) is 13.1 Å². The Morgan fingerprint density at radius 1 is 1.09 bits per heavy atom. The maximum absolute atomic E-state index is 12.8. The second kappa shape index (κ2) is 12.9. The van der Waals surface area contributed by atoms with E-state index in [1.54, 1.807) is 27.7 Å². The molecule has 0 radical (unpaired) electrons. The molecule has 2 rings (SSSR count). The van der Waals surface area contributed by atoms with E-state index in [1.807, 2.05) is 0 Å². The lowest BCUT2D eigenvalue weighted by Crippen LogP contribution is -2.46. The summed E-state index contributed by atoms with van der Waals surface area (Å²) in [6.07, 6.45) is 5.16. The molecule has 0 aliphatic heterocycles. The quantitative estimate of drug-likeness (QED) is 0.455. The van der Waals surface area contributed by atoms with Gasteiger partial charge in [-0.3, -0.25) is 9.59 Å². The van der Waals surface area contributed by atoms with Gasteiger partial charge < -0.3 is 15.4 Å². The minimum atomic E-state index is -3.73. The fraction of sp³-hybridized carbons (Fsp3) is 0.625. The Balaban J connectivity index is 2.02. The van der Waals surface area contributed by atoms with Crippen molar-refractivity contribution in [2.24, 2.45) is 5.92 Å². The lowest BCUT2D eigenvalue weighted by Gasteiger charge is -2.24. The Kier molecular flexibility index (Phi) is 10.5. The first kappa shape index (κ1) is 27.8. The molecule has 10 heteroatoms. The fourth-order valence-electron chi connectivity index (χ4n) is 3.98. The number of sulfonamides is 1. The van der Waals surface area contributed by atoms with Crippen molar-refractivity contribution in [3.05, 3.63) is 29.8 Å². The van der Waals surface area contributed by atoms with Gasteiger partial charge in [0, 0.05) is 24.7 Å². The molecule has 34 heavy (non-hydrogen) atoms. The third-order valence-electron chi connectivity index (χ3n) is 5.96. The van der Waals surface area contributed by atoms with Crippen molar-refractivity contribution < 1.29 is 27.5 Å². The number of nitrogens with one attached hydrogen (secondary N) is 2. The van der Waals surface area contributed by atoms with Crippen molar-refractivity contribution in [1.82, 2.24) is 14.9 Å². The number of benzene rings is 1. The minimum absolute atomic E-state index is 0.00640. The van der Waals surface area contributed by atoms with Gasteiger partial charge in [-0.05, 0) is 37.0 Å². The molecule has 1 aromatic carbocycles. The number of nitrogens with zero attached hydrogens (tertiary/aromatic N) is 1. The van der Waals surface area contributed by atoms with E-state index in [2.05, 4.69) is 10.6 Å². The maximum Gasteiger partial charge on any atom is 0.329 e. The van der Waals surface area contributed by atoms with Crippen molar-refractivity contribution >= 4 is 27.8 Å². The number of ether oxygens (including phenoxy) is 1. The molecule has 1 aliphatic carbocycles. The van der Waals surface area contributed by atoms with E-state index in [9.17, 15) is 22.8 Å². The van der Waals surface area contributed by atoms with E-state index < -0.39 is 34.5 Å². The molecule has 0 bridgehead atoms. The first-order valence-electron chi connectivity index (χ1n) is 12.0. The van der Waals surface area contributed by atoms with E-state index in [4.69, 9.17) is 4.74 Å². The van der Waals surface area contributed by atoms with Crippen LogP contribution in [0.25, 0.3) is 0 Å². The summed E-state index contributed by atoms with van der Waals surface area (Å²) in [5.74, 6) is -1.98. The number of carbonyl (C=O) groups excluding carboxylic acids is 3. The number of esters is 1. The van der Waals surface area contributed by atoms with Crippen molar-refractivity contribution in [1.29, 1.82) is 0 Å². The third kappa shape index (κ3) is 7.53. The minimum Gasteiger partial charge on any atom is -0.454 e. The molecule has 0 aromatic heterocycles. The highest BCUT2D eigenvalue weighted by Gasteiger charge is 2.28. The van der Waals surface area contributed by atoms with E-state index in [1.165, 1.54) is 35.0 Å². The first-order chi connectivity index (χ1) is 16.1. The second-order valence-electron chi connectivity index (χ2n) is 8.82. The van der Waals surface area contributed by atoms with Crippen LogP contribution in [-0.2, 0) is 24.3 Å². The van der Waals surface area contributed by atoms with Gasteiger partial charge in [0.15, 0.2) is 6.61 Å². The van der Waals surface area contributed by atoms with Gasteiger partial charge in [0.05, 0.1) is 4.90 Å². The molecule has 2 N–H and O–H groups in total. The summed E-state index contributed by atoms with van der Waals surface area (Å²) < 4.78 is 32.0. The summed E-state index contributed by atoms with van der Waals surface area (Å²) in [6, 6.07) is 4.83. The maximum atomic E-state index is 12.8. The largest absolute Gasteiger partial charge is 0.454 e. The number of amides is 2. The molecule has 9 nitrogen and oxygen atoms in total. The van der Waals surface area contributed by atoms with Crippen LogP contribution in [0.1, 0.15) is 70.2 Å². The van der Waals surface area contributed by atoms with Gasteiger partial charge in [0.25, 0.3) is 11.8 Å². The summed E-state index contributed by atoms with van der Waals surface area (Å²) >= 11 is 0. The molecule has 1 atom stereocenters. The fourth-order valence-corrected chi connectivity index (χ4v) is 5.48. The summed E-state index contributed by atoms with van der Waals surface area (Å²) in [6.45, 7) is 7.19. The second-order valence-corrected chi connectivity index (χ2v) is 10.8. The van der Waals surface area contributed by atoms with E-state index in [0.717, 1.165) is 25.7 Å². The number of rotatable bonds is 11. The average Bonchev–Trinajstić information content (AvgIpc) is 2.82. The van der Waals surface area contributed by atoms with Gasteiger partial charge in [0.1, 0.15) is 6.04 Å². The SMILES string of the molecule is CCN(CC)S(=O)(=O)c1cccc(C(=O)N[C@H](C(=O)OCC(=O)NC2CCCCC2)C(C)C)c1. The highest BCUT2D eigenvalue weighted by Crippen LogP contribution is 2.18. The average molecular weight is 496 g/mol. The predicted molar refractivity (Wildman–Crippen MR) is 129 cm³/mol. The van der Waals surface area contributed by atoms with E-state index >= 15 is 0 Å². The molecule has 1 aliphatic rings. The van der Waals surface area contributed by atoms with Crippen LogP contribution in [0.2, 0.25) is 0 Å². The van der Waals surface area contributed by atoms with Gasteiger partial charge in [-0.2, -0.15) is 4.31 Å². The number of hydrogen-bond donors (Lipinski definition) is 2. The monoisotopic (exact) mass is 495 g/mol. The zero-order chi connectivity index (χ0) is 25.3. The van der Waals surface area contributed by atoms with Gasteiger partial charge in [-0.1, -0.05) is 53.0 Å². The summed E-state index contributed by atoms with van der Waals surface area (Å²) in [5, 5.41) is 5.50. The van der Waals surface area contributed by atoms with Crippen LogP contribution in [-0.4, -0.2) is 62.3 Å². The Labute approximate surface area is 202 Å². The number of carbonyl (C=O) groups is 3. The van der Waals surface area contributed by atoms with Crippen LogP contribution in [0.4, 0.5) is 0 Å². The van der Waals surface area contributed by atoms with E-state index in [-0.39, 0.29) is 28.3 Å². The standard InChI is InChI=1S/C24H37N3O6S/c1-5-27(6-2)34(31,32)20-14-10-11-18(15-20)23(29)26-22(17(3)4)24(30)33-16-21(28)25-19-12-8-7-9-13-19/h10-11,14-15,17,19,22H,5-9,12-13,16H2,1-4H3,(H,25,28)(H,26,29)/t22-/m0/s1. The molecule has 0 saturated heterocycles. The summed E-state index contributed by atoms with van der Waals surface area (Å²) in [4.78, 5) is 37.6. The topological polar surface area (TPSA) is 122 Å². The van der Waals surface area contributed by atoms with Crippen LogP contribution in [0.15, 0.2) is 29.2 Å². The number of hydrogen-bond acceptors (Lipinski definition) is 6. The summed E-state index contributed by atoms with van der Waals surface area (Å²) in [7, 11) is -3.73.